The first-order chi connectivity index (χ1) is 5.70. The number of piperazine rings is 1. The smallest absolute Gasteiger partial charge is 0.239 e. The van der Waals surface area contributed by atoms with Crippen molar-refractivity contribution in [2.45, 2.75) is 26.0 Å². The first-order valence-electron chi connectivity index (χ1n) is 4.33. The van der Waals surface area contributed by atoms with Gasteiger partial charge in [0.15, 0.2) is 0 Å². The van der Waals surface area contributed by atoms with Gasteiger partial charge in [0.2, 0.25) is 5.91 Å². The fourth-order valence-electron chi connectivity index (χ4n) is 1.07. The molecule has 1 aliphatic heterocycles. The maximum Gasteiger partial charge on any atom is 0.239 e. The van der Waals surface area contributed by atoms with Gasteiger partial charge in [0.05, 0.1) is 12.7 Å². The van der Waals surface area contributed by atoms with Crippen LogP contribution < -0.4 is 10.6 Å². The van der Waals surface area contributed by atoms with Gasteiger partial charge in [0.25, 0.3) is 0 Å². The Kier molecular flexibility index (Phi) is 3.49. The van der Waals surface area contributed by atoms with E-state index in [1.165, 1.54) is 0 Å². The Morgan fingerprint density at radius 3 is 2.92 bits per heavy atom. The summed E-state index contributed by atoms with van der Waals surface area (Å²) >= 11 is 0. The van der Waals surface area contributed by atoms with E-state index in [0.717, 1.165) is 13.1 Å². The first-order valence-corrected chi connectivity index (χ1v) is 4.33. The van der Waals surface area contributed by atoms with E-state index in [1.807, 2.05) is 13.8 Å². The lowest BCUT2D eigenvalue weighted by Gasteiger charge is -2.23. The Hall–Kier alpha value is -0.610. The van der Waals surface area contributed by atoms with Gasteiger partial charge in [-0.15, -0.1) is 0 Å². The van der Waals surface area contributed by atoms with E-state index in [4.69, 9.17) is 4.74 Å². The molecule has 0 radical (unpaired) electrons. The van der Waals surface area contributed by atoms with E-state index in [9.17, 15) is 4.79 Å². The highest BCUT2D eigenvalue weighted by molar-refractivity contribution is 5.82. The molecule has 0 aromatic heterocycles. The van der Waals surface area contributed by atoms with Crippen molar-refractivity contribution in [2.24, 2.45) is 0 Å². The van der Waals surface area contributed by atoms with Gasteiger partial charge in [0, 0.05) is 13.1 Å². The van der Waals surface area contributed by atoms with E-state index in [2.05, 4.69) is 10.6 Å². The summed E-state index contributed by atoms with van der Waals surface area (Å²) in [4.78, 5) is 11.2. The van der Waals surface area contributed by atoms with Gasteiger partial charge in [-0.3, -0.25) is 4.79 Å². The van der Waals surface area contributed by atoms with Crippen LogP contribution in [0.2, 0.25) is 0 Å². The molecule has 0 saturated carbocycles. The average molecular weight is 172 g/mol. The summed E-state index contributed by atoms with van der Waals surface area (Å²) in [5, 5.41) is 5.86. The van der Waals surface area contributed by atoms with Crippen LogP contribution >= 0.6 is 0 Å². The van der Waals surface area contributed by atoms with Crippen molar-refractivity contribution in [3.63, 3.8) is 0 Å². The Labute approximate surface area is 72.7 Å². The van der Waals surface area contributed by atoms with E-state index in [1.54, 1.807) is 0 Å². The van der Waals surface area contributed by atoms with Gasteiger partial charge in [-0.05, 0) is 13.8 Å². The predicted molar refractivity (Wildman–Crippen MR) is 45.9 cm³/mol. The highest BCUT2D eigenvalue weighted by Crippen LogP contribution is 1.94. The Bertz CT molecular complexity index is 159. The van der Waals surface area contributed by atoms with E-state index >= 15 is 0 Å². The van der Waals surface area contributed by atoms with Crippen molar-refractivity contribution in [3.8, 4) is 0 Å². The van der Waals surface area contributed by atoms with Crippen molar-refractivity contribution in [1.82, 2.24) is 10.6 Å². The molecule has 1 amide bonds. The van der Waals surface area contributed by atoms with Gasteiger partial charge in [-0.25, -0.2) is 0 Å². The monoisotopic (exact) mass is 172 g/mol. The van der Waals surface area contributed by atoms with E-state index < -0.39 is 0 Å². The van der Waals surface area contributed by atoms with Crippen LogP contribution in [0.4, 0.5) is 0 Å². The summed E-state index contributed by atoms with van der Waals surface area (Å²) in [7, 11) is 0. The zero-order valence-electron chi connectivity index (χ0n) is 7.59. The van der Waals surface area contributed by atoms with E-state index in [0.29, 0.717) is 6.61 Å². The molecule has 1 atom stereocenters. The van der Waals surface area contributed by atoms with Crippen molar-refractivity contribution in [3.05, 3.63) is 0 Å². The third-order valence-electron chi connectivity index (χ3n) is 1.73. The summed E-state index contributed by atoms with van der Waals surface area (Å²) in [5.74, 6) is 0.0434. The van der Waals surface area contributed by atoms with Crippen LogP contribution in [0.15, 0.2) is 0 Å². The van der Waals surface area contributed by atoms with Crippen LogP contribution in [0.25, 0.3) is 0 Å². The predicted octanol–water partition coefficient (Wildman–Crippen LogP) is -0.501. The van der Waals surface area contributed by atoms with Crippen LogP contribution in [-0.2, 0) is 9.53 Å². The standard InChI is InChI=1S/C8H16N2O2/c1-6(2)12-5-7-8(11)10-4-3-9-7/h6-7,9H,3-5H2,1-2H3,(H,10,11). The Balaban J connectivity index is 2.25. The minimum Gasteiger partial charge on any atom is -0.377 e. The quantitative estimate of drug-likeness (QED) is 0.603. The number of amides is 1. The molecule has 0 aromatic rings. The van der Waals surface area contributed by atoms with Crippen LogP contribution in [-0.4, -0.2) is 37.7 Å². The number of carbonyl (C=O) groups is 1. The van der Waals surface area contributed by atoms with Gasteiger partial charge in [-0.2, -0.15) is 0 Å². The van der Waals surface area contributed by atoms with Crippen LogP contribution in [0, 0.1) is 0 Å². The number of nitrogens with one attached hydrogen (secondary N) is 2. The SMILES string of the molecule is CC(C)OCC1NCCNC1=O. The van der Waals surface area contributed by atoms with E-state index in [-0.39, 0.29) is 18.1 Å². The number of hydrogen-bond acceptors (Lipinski definition) is 3. The van der Waals surface area contributed by atoms with Gasteiger partial charge < -0.3 is 15.4 Å². The third kappa shape index (κ3) is 2.79. The number of carbonyl (C=O) groups excluding carboxylic acids is 1. The topological polar surface area (TPSA) is 50.4 Å². The fourth-order valence-corrected chi connectivity index (χ4v) is 1.07. The molecule has 70 valence electrons. The lowest BCUT2D eigenvalue weighted by molar-refractivity contribution is -0.126. The highest BCUT2D eigenvalue weighted by Gasteiger charge is 2.21. The van der Waals surface area contributed by atoms with Gasteiger partial charge >= 0.3 is 0 Å². The summed E-state index contributed by atoms with van der Waals surface area (Å²) in [6, 6.07) is -0.166. The molecule has 0 aromatic carbocycles. The summed E-state index contributed by atoms with van der Waals surface area (Å²) < 4.78 is 5.33. The maximum absolute atomic E-state index is 11.2. The molecule has 1 saturated heterocycles. The fraction of sp³-hybridized carbons (Fsp3) is 0.875. The summed E-state index contributed by atoms with van der Waals surface area (Å²) in [6.45, 7) is 5.93. The Morgan fingerprint density at radius 2 is 2.33 bits per heavy atom. The third-order valence-corrected chi connectivity index (χ3v) is 1.73. The van der Waals surface area contributed by atoms with Crippen molar-refractivity contribution < 1.29 is 9.53 Å². The molecule has 0 spiro atoms. The Morgan fingerprint density at radius 1 is 1.58 bits per heavy atom. The second-order valence-electron chi connectivity index (χ2n) is 3.18. The molecule has 1 fully saturated rings. The molecular weight excluding hydrogens is 156 g/mol. The molecule has 12 heavy (non-hydrogen) atoms. The molecule has 0 aliphatic carbocycles. The molecule has 1 rings (SSSR count). The second kappa shape index (κ2) is 4.42. The molecule has 4 heteroatoms. The zero-order chi connectivity index (χ0) is 8.97. The maximum atomic E-state index is 11.2. The number of ether oxygens (including phenoxy) is 1. The average Bonchev–Trinajstić information content (AvgIpc) is 2.03. The molecule has 2 N–H and O–H groups in total. The molecule has 0 bridgehead atoms. The summed E-state index contributed by atoms with van der Waals surface area (Å²) in [5.41, 5.74) is 0. The minimum atomic E-state index is -0.166. The van der Waals surface area contributed by atoms with Crippen molar-refractivity contribution >= 4 is 5.91 Å². The van der Waals surface area contributed by atoms with Gasteiger partial charge in [-0.1, -0.05) is 0 Å². The lowest BCUT2D eigenvalue weighted by atomic mass is 10.2. The molecule has 4 nitrogen and oxygen atoms in total. The molecular formula is C8H16N2O2. The number of hydrogen-bond donors (Lipinski definition) is 2. The van der Waals surface area contributed by atoms with Crippen LogP contribution in [0.3, 0.4) is 0 Å². The molecule has 1 aliphatic rings. The highest BCUT2D eigenvalue weighted by atomic mass is 16.5. The van der Waals surface area contributed by atoms with Crippen LogP contribution in [0.1, 0.15) is 13.8 Å². The van der Waals surface area contributed by atoms with Crippen molar-refractivity contribution in [2.75, 3.05) is 19.7 Å². The number of rotatable bonds is 3. The second-order valence-corrected chi connectivity index (χ2v) is 3.18. The van der Waals surface area contributed by atoms with Crippen LogP contribution in [0.5, 0.6) is 0 Å². The lowest BCUT2D eigenvalue weighted by Crippen LogP contribution is -2.55. The zero-order valence-corrected chi connectivity index (χ0v) is 7.59. The minimum absolute atomic E-state index is 0.0434. The summed E-state index contributed by atoms with van der Waals surface area (Å²) in [6.07, 6.45) is 0.182. The molecule has 1 unspecified atom stereocenters. The largest absolute Gasteiger partial charge is 0.377 e. The first kappa shape index (κ1) is 9.48. The normalized spacial score (nSPS) is 24.2. The van der Waals surface area contributed by atoms with Gasteiger partial charge in [0.1, 0.15) is 6.04 Å². The van der Waals surface area contributed by atoms with Crippen molar-refractivity contribution in [1.29, 1.82) is 0 Å². The molecule has 1 heterocycles.